The second-order valence-electron chi connectivity index (χ2n) is 6.73. The van der Waals surface area contributed by atoms with Crippen LogP contribution in [0.4, 0.5) is 5.69 Å². The van der Waals surface area contributed by atoms with Crippen LogP contribution in [0.3, 0.4) is 0 Å². The van der Waals surface area contributed by atoms with Gasteiger partial charge in [-0.15, -0.1) is 0 Å². The third-order valence-corrected chi connectivity index (χ3v) is 5.02. The molecule has 134 valence electrons. The summed E-state index contributed by atoms with van der Waals surface area (Å²) >= 11 is 5.96. The van der Waals surface area contributed by atoms with E-state index in [2.05, 4.69) is 46.4 Å². The van der Waals surface area contributed by atoms with Crippen LogP contribution >= 0.6 is 11.6 Å². The second kappa shape index (κ2) is 7.50. The SMILES string of the molecule is CC(NC(=O)c1cc(Cl)cn1C)c1ccc(N2CCN(C)CC2)cc1. The molecule has 0 saturated carbocycles. The first-order chi connectivity index (χ1) is 11.9. The molecule has 1 atom stereocenters. The van der Waals surface area contributed by atoms with Gasteiger partial charge in [-0.25, -0.2) is 0 Å². The zero-order chi connectivity index (χ0) is 18.0. The molecule has 1 unspecified atom stereocenters. The van der Waals surface area contributed by atoms with Crippen LogP contribution in [0.2, 0.25) is 5.02 Å². The number of benzene rings is 1. The third kappa shape index (κ3) is 4.17. The maximum atomic E-state index is 12.4. The lowest BCUT2D eigenvalue weighted by molar-refractivity contribution is 0.0931. The number of carbonyl (C=O) groups excluding carboxylic acids is 1. The summed E-state index contributed by atoms with van der Waals surface area (Å²) in [4.78, 5) is 17.2. The molecular formula is C19H25ClN4O. The van der Waals surface area contributed by atoms with Crippen molar-refractivity contribution in [2.75, 3.05) is 38.1 Å². The Morgan fingerprint density at radius 3 is 2.32 bits per heavy atom. The largest absolute Gasteiger partial charge is 0.369 e. The van der Waals surface area contributed by atoms with Gasteiger partial charge in [0, 0.05) is 45.1 Å². The summed E-state index contributed by atoms with van der Waals surface area (Å²) in [5, 5.41) is 3.60. The fraction of sp³-hybridized carbons (Fsp3) is 0.421. The number of hydrogen-bond acceptors (Lipinski definition) is 3. The van der Waals surface area contributed by atoms with Gasteiger partial charge in [-0.05, 0) is 37.7 Å². The lowest BCUT2D eigenvalue weighted by Gasteiger charge is -2.34. The summed E-state index contributed by atoms with van der Waals surface area (Å²) in [6.45, 7) is 6.28. The van der Waals surface area contributed by atoms with E-state index in [0.717, 1.165) is 31.7 Å². The summed E-state index contributed by atoms with van der Waals surface area (Å²) in [5.41, 5.74) is 2.89. The van der Waals surface area contributed by atoms with Crippen molar-refractivity contribution < 1.29 is 4.79 Å². The Balaban J connectivity index is 1.63. The molecule has 1 aliphatic rings. The number of halogens is 1. The highest BCUT2D eigenvalue weighted by molar-refractivity contribution is 6.31. The smallest absolute Gasteiger partial charge is 0.268 e. The van der Waals surface area contributed by atoms with Crippen LogP contribution in [0.1, 0.15) is 29.0 Å². The molecule has 25 heavy (non-hydrogen) atoms. The van der Waals surface area contributed by atoms with Gasteiger partial charge in [0.2, 0.25) is 0 Å². The highest BCUT2D eigenvalue weighted by Gasteiger charge is 2.17. The van der Waals surface area contributed by atoms with E-state index in [1.54, 1.807) is 16.8 Å². The Bertz CT molecular complexity index is 732. The molecule has 1 aromatic carbocycles. The van der Waals surface area contributed by atoms with Gasteiger partial charge in [0.05, 0.1) is 11.1 Å². The van der Waals surface area contributed by atoms with Gasteiger partial charge in [-0.2, -0.15) is 0 Å². The lowest BCUT2D eigenvalue weighted by atomic mass is 10.1. The van der Waals surface area contributed by atoms with Crippen LogP contribution in [0.15, 0.2) is 36.5 Å². The highest BCUT2D eigenvalue weighted by Crippen LogP contribution is 2.21. The molecule has 0 bridgehead atoms. The number of rotatable bonds is 4. The number of amides is 1. The molecular weight excluding hydrogens is 336 g/mol. The number of aromatic nitrogens is 1. The summed E-state index contributed by atoms with van der Waals surface area (Å²) < 4.78 is 1.74. The van der Waals surface area contributed by atoms with Crippen LogP contribution in [-0.2, 0) is 7.05 Å². The van der Waals surface area contributed by atoms with Gasteiger partial charge in [-0.3, -0.25) is 4.79 Å². The van der Waals surface area contributed by atoms with Crippen molar-refractivity contribution in [2.24, 2.45) is 7.05 Å². The quantitative estimate of drug-likeness (QED) is 0.911. The molecule has 0 aliphatic carbocycles. The molecule has 2 heterocycles. The van der Waals surface area contributed by atoms with Crippen molar-refractivity contribution >= 4 is 23.2 Å². The Labute approximate surface area is 154 Å². The van der Waals surface area contributed by atoms with E-state index in [-0.39, 0.29) is 11.9 Å². The first kappa shape index (κ1) is 17.8. The minimum absolute atomic E-state index is 0.0669. The summed E-state index contributed by atoms with van der Waals surface area (Å²) in [6.07, 6.45) is 1.73. The molecule has 0 radical (unpaired) electrons. The van der Waals surface area contributed by atoms with Gasteiger partial charge in [-0.1, -0.05) is 23.7 Å². The molecule has 5 nitrogen and oxygen atoms in total. The number of nitrogens with one attached hydrogen (secondary N) is 1. The third-order valence-electron chi connectivity index (χ3n) is 4.81. The topological polar surface area (TPSA) is 40.5 Å². The molecule has 1 N–H and O–H groups in total. The fourth-order valence-electron chi connectivity index (χ4n) is 3.14. The molecule has 2 aromatic rings. The van der Waals surface area contributed by atoms with Crippen LogP contribution in [0, 0.1) is 0 Å². The van der Waals surface area contributed by atoms with Gasteiger partial charge >= 0.3 is 0 Å². The van der Waals surface area contributed by atoms with Crippen LogP contribution in [-0.4, -0.2) is 48.6 Å². The van der Waals surface area contributed by atoms with E-state index >= 15 is 0 Å². The van der Waals surface area contributed by atoms with Gasteiger partial charge < -0.3 is 19.7 Å². The molecule has 1 fully saturated rings. The van der Waals surface area contributed by atoms with E-state index in [4.69, 9.17) is 11.6 Å². The maximum absolute atomic E-state index is 12.4. The van der Waals surface area contributed by atoms with Crippen molar-refractivity contribution in [2.45, 2.75) is 13.0 Å². The van der Waals surface area contributed by atoms with Gasteiger partial charge in [0.15, 0.2) is 0 Å². The Kier molecular flexibility index (Phi) is 5.35. The molecule has 1 amide bonds. The predicted octanol–water partition coefficient (Wildman–Crippen LogP) is 2.92. The lowest BCUT2D eigenvalue weighted by Crippen LogP contribution is -2.44. The van der Waals surface area contributed by atoms with Crippen LogP contribution < -0.4 is 10.2 Å². The number of piperazine rings is 1. The fourth-order valence-corrected chi connectivity index (χ4v) is 3.39. The Morgan fingerprint density at radius 2 is 1.76 bits per heavy atom. The van der Waals surface area contributed by atoms with Crippen molar-refractivity contribution in [3.63, 3.8) is 0 Å². The number of hydrogen-bond donors (Lipinski definition) is 1. The summed E-state index contributed by atoms with van der Waals surface area (Å²) in [5.74, 6) is -0.120. The normalized spacial score (nSPS) is 16.7. The Hall–Kier alpha value is -1.98. The van der Waals surface area contributed by atoms with E-state index in [1.807, 2.05) is 14.0 Å². The van der Waals surface area contributed by atoms with E-state index in [1.165, 1.54) is 5.69 Å². The minimum atomic E-state index is -0.120. The van der Waals surface area contributed by atoms with Crippen molar-refractivity contribution in [3.8, 4) is 0 Å². The number of anilines is 1. The zero-order valence-corrected chi connectivity index (χ0v) is 15.8. The zero-order valence-electron chi connectivity index (χ0n) is 15.0. The molecule has 1 saturated heterocycles. The molecule has 6 heteroatoms. The standard InChI is InChI=1S/C19H25ClN4O/c1-14(21-19(25)18-12-16(20)13-23(18)3)15-4-6-17(7-5-15)24-10-8-22(2)9-11-24/h4-7,12-14H,8-11H2,1-3H3,(H,21,25). The summed E-state index contributed by atoms with van der Waals surface area (Å²) in [7, 11) is 3.97. The Morgan fingerprint density at radius 1 is 1.12 bits per heavy atom. The predicted molar refractivity (Wildman–Crippen MR) is 102 cm³/mol. The van der Waals surface area contributed by atoms with Crippen LogP contribution in [0.25, 0.3) is 0 Å². The average molecular weight is 361 g/mol. The molecule has 3 rings (SSSR count). The number of aryl methyl sites for hydroxylation is 1. The van der Waals surface area contributed by atoms with E-state index < -0.39 is 0 Å². The van der Waals surface area contributed by atoms with Crippen molar-refractivity contribution in [1.29, 1.82) is 0 Å². The minimum Gasteiger partial charge on any atom is -0.369 e. The maximum Gasteiger partial charge on any atom is 0.268 e. The van der Waals surface area contributed by atoms with Crippen molar-refractivity contribution in [1.82, 2.24) is 14.8 Å². The first-order valence-electron chi connectivity index (χ1n) is 8.60. The van der Waals surface area contributed by atoms with Crippen LogP contribution in [0.5, 0.6) is 0 Å². The highest BCUT2D eigenvalue weighted by atomic mass is 35.5. The van der Waals surface area contributed by atoms with E-state index in [9.17, 15) is 4.79 Å². The molecule has 0 spiro atoms. The summed E-state index contributed by atoms with van der Waals surface area (Å²) in [6, 6.07) is 10.1. The molecule has 1 aromatic heterocycles. The van der Waals surface area contributed by atoms with Gasteiger partial charge in [0.1, 0.15) is 5.69 Å². The monoisotopic (exact) mass is 360 g/mol. The molecule has 1 aliphatic heterocycles. The average Bonchev–Trinajstić information content (AvgIpc) is 2.94. The second-order valence-corrected chi connectivity index (χ2v) is 7.17. The number of nitrogens with zero attached hydrogens (tertiary/aromatic N) is 3. The number of likely N-dealkylation sites (N-methyl/N-ethyl adjacent to an activating group) is 1. The number of carbonyl (C=O) groups is 1. The van der Waals surface area contributed by atoms with E-state index in [0.29, 0.717) is 10.7 Å². The van der Waals surface area contributed by atoms with Gasteiger partial charge in [0.25, 0.3) is 5.91 Å². The first-order valence-corrected chi connectivity index (χ1v) is 8.98. The van der Waals surface area contributed by atoms with Crippen molar-refractivity contribution in [3.05, 3.63) is 52.8 Å².